The van der Waals surface area contributed by atoms with Crippen LogP contribution in [0.3, 0.4) is 0 Å². The number of rotatable bonds is 9. The molecule has 0 N–H and O–H groups in total. The molecule has 0 radical (unpaired) electrons. The van der Waals surface area contributed by atoms with Crippen LogP contribution in [0, 0.1) is 22.8 Å². The van der Waals surface area contributed by atoms with Crippen molar-refractivity contribution in [1.82, 2.24) is 9.66 Å². The predicted octanol–water partition coefficient (Wildman–Crippen LogP) is 6.40. The number of methoxy groups -OCH3 is 1. The third-order valence-electron chi connectivity index (χ3n) is 6.15. The fraction of sp³-hybridized carbons (Fsp3) is 0.258. The molecule has 0 fully saturated rings. The maximum atomic E-state index is 13.7. The number of hydrogen-bond acceptors (Lipinski definition) is 6. The number of terminal acetylenes is 1. The van der Waals surface area contributed by atoms with Crippen LogP contribution in [-0.2, 0) is 0 Å². The number of aromatic nitrogens is 2. The molecule has 3 aromatic carbocycles. The molecule has 0 unspecified atom stereocenters. The van der Waals surface area contributed by atoms with Crippen molar-refractivity contribution in [3.63, 3.8) is 0 Å². The summed E-state index contributed by atoms with van der Waals surface area (Å²) >= 11 is 2.17. The smallest absolute Gasteiger partial charge is 0.282 e. The van der Waals surface area contributed by atoms with E-state index in [0.29, 0.717) is 34.8 Å². The molecule has 0 saturated carbocycles. The van der Waals surface area contributed by atoms with E-state index in [1.807, 2.05) is 56.3 Å². The average Bonchev–Trinajstić information content (AvgIpc) is 2.92. The lowest BCUT2D eigenvalue weighted by Gasteiger charge is -2.17. The van der Waals surface area contributed by atoms with Gasteiger partial charge in [-0.05, 0) is 95.4 Å². The molecule has 4 aromatic rings. The van der Waals surface area contributed by atoms with E-state index in [0.717, 1.165) is 31.6 Å². The van der Waals surface area contributed by atoms with E-state index >= 15 is 0 Å². The Labute approximate surface area is 242 Å². The lowest BCUT2D eigenvalue weighted by Crippen LogP contribution is -2.21. The maximum Gasteiger partial charge on any atom is 0.282 e. The van der Waals surface area contributed by atoms with Gasteiger partial charge in [0, 0.05) is 5.56 Å². The largest absolute Gasteiger partial charge is 0.496 e. The van der Waals surface area contributed by atoms with Crippen molar-refractivity contribution in [3.05, 3.63) is 79.1 Å². The van der Waals surface area contributed by atoms with E-state index in [1.165, 1.54) is 4.68 Å². The fourth-order valence-corrected chi connectivity index (χ4v) is 5.06. The predicted molar refractivity (Wildman–Crippen MR) is 164 cm³/mol. The lowest BCUT2D eigenvalue weighted by molar-refractivity contribution is 0.298. The molecule has 0 aliphatic heterocycles. The first-order valence-electron chi connectivity index (χ1n) is 12.6. The van der Waals surface area contributed by atoms with Crippen LogP contribution in [0.15, 0.2) is 58.4 Å². The van der Waals surface area contributed by atoms with Gasteiger partial charge in [-0.1, -0.05) is 31.9 Å². The number of halogens is 1. The Kier molecular flexibility index (Phi) is 8.92. The summed E-state index contributed by atoms with van der Waals surface area (Å²) in [6, 6.07) is 15.0. The average molecular weight is 636 g/mol. The second kappa shape index (κ2) is 12.3. The highest BCUT2D eigenvalue weighted by Crippen LogP contribution is 2.35. The van der Waals surface area contributed by atoms with E-state index in [-0.39, 0.29) is 18.1 Å². The molecule has 0 saturated heterocycles. The van der Waals surface area contributed by atoms with Crippen LogP contribution in [-0.4, -0.2) is 36.2 Å². The number of fused-ring (bicyclic) bond motifs is 1. The van der Waals surface area contributed by atoms with E-state index in [1.54, 1.807) is 19.4 Å². The molecule has 8 heteroatoms. The van der Waals surface area contributed by atoms with Gasteiger partial charge in [-0.25, -0.2) is 4.98 Å². The summed E-state index contributed by atoms with van der Waals surface area (Å²) in [5, 5.41) is 5.13. The monoisotopic (exact) mass is 635 g/mol. The fourth-order valence-electron chi connectivity index (χ4n) is 4.28. The Balaban J connectivity index is 1.92. The summed E-state index contributed by atoms with van der Waals surface area (Å²) < 4.78 is 19.3. The van der Waals surface area contributed by atoms with Crippen molar-refractivity contribution in [2.24, 2.45) is 5.10 Å². The van der Waals surface area contributed by atoms with Crippen LogP contribution in [0.2, 0.25) is 0 Å². The molecule has 4 rings (SSSR count). The third-order valence-corrected chi connectivity index (χ3v) is 6.95. The first-order chi connectivity index (χ1) is 18.8. The molecule has 0 bridgehead atoms. The molecule has 1 aromatic heterocycles. The van der Waals surface area contributed by atoms with Gasteiger partial charge in [-0.15, -0.1) is 6.42 Å². The molecule has 0 spiro atoms. The van der Waals surface area contributed by atoms with E-state index < -0.39 is 0 Å². The van der Waals surface area contributed by atoms with Gasteiger partial charge in [0.15, 0.2) is 17.3 Å². The summed E-state index contributed by atoms with van der Waals surface area (Å²) in [7, 11) is 1.66. The van der Waals surface area contributed by atoms with Crippen molar-refractivity contribution in [2.45, 2.75) is 33.6 Å². The molecule has 1 heterocycles. The summed E-state index contributed by atoms with van der Waals surface area (Å²) in [5.41, 5.74) is 3.83. The van der Waals surface area contributed by atoms with Crippen LogP contribution in [0.25, 0.3) is 22.3 Å². The molecule has 0 aliphatic carbocycles. The lowest BCUT2D eigenvalue weighted by atomic mass is 9.96. The normalized spacial score (nSPS) is 11.2. The first-order valence-corrected chi connectivity index (χ1v) is 13.6. The summed E-state index contributed by atoms with van der Waals surface area (Å²) in [6.07, 6.45) is 7.00. The van der Waals surface area contributed by atoms with Crippen molar-refractivity contribution in [3.8, 4) is 41.0 Å². The molecular weight excluding hydrogens is 605 g/mol. The number of hydrogen-bond donors (Lipinski definition) is 0. The zero-order chi connectivity index (χ0) is 28.1. The van der Waals surface area contributed by atoms with E-state index in [4.69, 9.17) is 25.6 Å². The summed E-state index contributed by atoms with van der Waals surface area (Å²) in [6.45, 7) is 8.66. The van der Waals surface area contributed by atoms with Gasteiger partial charge in [0.05, 0.1) is 34.4 Å². The Bertz CT molecular complexity index is 1650. The van der Waals surface area contributed by atoms with Gasteiger partial charge < -0.3 is 14.2 Å². The highest BCUT2D eigenvalue weighted by atomic mass is 127. The van der Waals surface area contributed by atoms with Crippen LogP contribution in [0.5, 0.6) is 17.2 Å². The van der Waals surface area contributed by atoms with Gasteiger partial charge in [0.25, 0.3) is 5.56 Å². The van der Waals surface area contributed by atoms with Crippen molar-refractivity contribution in [2.75, 3.05) is 20.3 Å². The molecule has 7 nitrogen and oxygen atoms in total. The van der Waals surface area contributed by atoms with Crippen LogP contribution in [0.4, 0.5) is 0 Å². The summed E-state index contributed by atoms with van der Waals surface area (Å²) in [5.74, 6) is 5.07. The summed E-state index contributed by atoms with van der Waals surface area (Å²) in [4.78, 5) is 18.6. The minimum absolute atomic E-state index is 0.130. The minimum Gasteiger partial charge on any atom is -0.496 e. The minimum atomic E-state index is -0.262. The Morgan fingerprint density at radius 2 is 1.92 bits per heavy atom. The second-order valence-corrected chi connectivity index (χ2v) is 10.3. The quantitative estimate of drug-likeness (QED) is 0.121. The SMILES string of the molecule is C#CCOc1c(I)cc(C=Nn2c(-c3cc(C(C)C)c(OC)cc3C)nc3ccccc3c2=O)cc1OCC. The number of benzene rings is 3. The molecule has 39 heavy (non-hydrogen) atoms. The molecule has 0 amide bonds. The maximum absolute atomic E-state index is 13.7. The topological polar surface area (TPSA) is 74.9 Å². The van der Waals surface area contributed by atoms with Gasteiger partial charge in [0.1, 0.15) is 12.4 Å². The second-order valence-electron chi connectivity index (χ2n) is 9.13. The molecular formula is C31H30IN3O4. The van der Waals surface area contributed by atoms with Crippen molar-refractivity contribution >= 4 is 39.7 Å². The number of nitrogens with zero attached hydrogens (tertiary/aromatic N) is 3. The van der Waals surface area contributed by atoms with E-state index in [9.17, 15) is 4.79 Å². The van der Waals surface area contributed by atoms with Gasteiger partial charge >= 0.3 is 0 Å². The van der Waals surface area contributed by atoms with E-state index in [2.05, 4.69) is 47.5 Å². The first kappa shape index (κ1) is 28.2. The zero-order valence-electron chi connectivity index (χ0n) is 22.6. The molecule has 0 atom stereocenters. The Morgan fingerprint density at radius 3 is 2.62 bits per heavy atom. The number of para-hydroxylation sites is 1. The van der Waals surface area contributed by atoms with Gasteiger partial charge in [-0.3, -0.25) is 4.79 Å². The van der Waals surface area contributed by atoms with Crippen LogP contribution in [0.1, 0.15) is 43.4 Å². The Morgan fingerprint density at radius 1 is 1.15 bits per heavy atom. The highest BCUT2D eigenvalue weighted by molar-refractivity contribution is 14.1. The van der Waals surface area contributed by atoms with Crippen LogP contribution < -0.4 is 19.8 Å². The number of ether oxygens (including phenoxy) is 3. The van der Waals surface area contributed by atoms with Crippen molar-refractivity contribution in [1.29, 1.82) is 0 Å². The number of aryl methyl sites for hydroxylation is 1. The van der Waals surface area contributed by atoms with Gasteiger partial charge in [-0.2, -0.15) is 9.78 Å². The van der Waals surface area contributed by atoms with Gasteiger partial charge in [0.2, 0.25) is 0 Å². The zero-order valence-corrected chi connectivity index (χ0v) is 24.8. The highest BCUT2D eigenvalue weighted by Gasteiger charge is 2.18. The van der Waals surface area contributed by atoms with Crippen molar-refractivity contribution < 1.29 is 14.2 Å². The molecule has 0 aliphatic rings. The standard InChI is InChI=1S/C31H30IN3O4/c1-7-13-39-29-25(32)15-21(16-28(29)38-8-2)18-33-35-30(34-26-12-10-9-11-22(26)31(35)36)24-17-23(19(3)4)27(37-6)14-20(24)5/h1,9-12,14-19H,8,13H2,2-6H3. The third kappa shape index (κ3) is 5.93. The molecule has 200 valence electrons. The Hall–Kier alpha value is -3.84. The van der Waals surface area contributed by atoms with Crippen LogP contribution >= 0.6 is 22.6 Å².